The Labute approximate surface area is 165 Å². The van der Waals surface area contributed by atoms with Gasteiger partial charge in [0.15, 0.2) is 11.5 Å². The summed E-state index contributed by atoms with van der Waals surface area (Å²) in [5.41, 5.74) is 1.14. The molecular formula is C21H17F3N2O3. The lowest BCUT2D eigenvalue weighted by molar-refractivity contribution is -0.137. The third-order valence-corrected chi connectivity index (χ3v) is 4.99. The molecule has 5 nitrogen and oxygen atoms in total. The molecule has 1 amide bonds. The summed E-state index contributed by atoms with van der Waals surface area (Å²) in [6, 6.07) is 7.91. The minimum atomic E-state index is -4.43. The van der Waals surface area contributed by atoms with Crippen molar-refractivity contribution >= 4 is 23.4 Å². The molecule has 0 N–H and O–H groups in total. The maximum absolute atomic E-state index is 13.1. The number of nitrogens with zero attached hydrogens (tertiary/aromatic N) is 2. The van der Waals surface area contributed by atoms with Crippen LogP contribution in [0.15, 0.2) is 47.6 Å². The summed E-state index contributed by atoms with van der Waals surface area (Å²) in [6.07, 6.45) is -0.822. The molecule has 0 fully saturated rings. The van der Waals surface area contributed by atoms with Gasteiger partial charge in [0.25, 0.3) is 5.91 Å². The molecule has 0 aromatic heterocycles. The van der Waals surface area contributed by atoms with Crippen LogP contribution >= 0.6 is 0 Å². The first kappa shape index (κ1) is 19.0. The van der Waals surface area contributed by atoms with Gasteiger partial charge in [-0.1, -0.05) is 12.1 Å². The first-order valence-electron chi connectivity index (χ1n) is 8.83. The summed E-state index contributed by atoms with van der Waals surface area (Å²) < 4.78 is 49.6. The highest BCUT2D eigenvalue weighted by molar-refractivity contribution is 6.05. The third kappa shape index (κ3) is 3.35. The molecule has 29 heavy (non-hydrogen) atoms. The smallest absolute Gasteiger partial charge is 0.416 e. The number of ether oxygens (including phenoxy) is 2. The van der Waals surface area contributed by atoms with Crippen LogP contribution in [0.5, 0.6) is 11.5 Å². The zero-order valence-corrected chi connectivity index (χ0v) is 15.7. The fourth-order valence-corrected chi connectivity index (χ4v) is 3.51. The number of halogens is 3. The van der Waals surface area contributed by atoms with Crippen LogP contribution in [0, 0.1) is 0 Å². The Morgan fingerprint density at radius 1 is 1.10 bits per heavy atom. The van der Waals surface area contributed by atoms with E-state index in [2.05, 4.69) is 4.99 Å². The second kappa shape index (κ2) is 6.95. The Morgan fingerprint density at radius 3 is 2.52 bits per heavy atom. The average molecular weight is 402 g/mol. The summed E-state index contributed by atoms with van der Waals surface area (Å²) in [5.74, 6) is 0.554. The van der Waals surface area contributed by atoms with E-state index in [1.807, 2.05) is 0 Å². The lowest BCUT2D eigenvalue weighted by Crippen LogP contribution is -2.32. The number of hydrogen-bond donors (Lipinski definition) is 0. The van der Waals surface area contributed by atoms with Crippen molar-refractivity contribution < 1.29 is 27.4 Å². The van der Waals surface area contributed by atoms with E-state index in [4.69, 9.17) is 9.47 Å². The number of alkyl halides is 3. The lowest BCUT2D eigenvalue weighted by Gasteiger charge is -2.18. The molecular weight excluding hydrogens is 385 g/mol. The van der Waals surface area contributed by atoms with E-state index < -0.39 is 11.7 Å². The molecule has 0 unspecified atom stereocenters. The summed E-state index contributed by atoms with van der Waals surface area (Å²) in [5, 5.41) is 0. The van der Waals surface area contributed by atoms with Crippen molar-refractivity contribution in [3.8, 4) is 11.5 Å². The molecule has 0 spiro atoms. The van der Waals surface area contributed by atoms with E-state index in [-0.39, 0.29) is 11.9 Å². The van der Waals surface area contributed by atoms with Gasteiger partial charge in [0.05, 0.1) is 37.1 Å². The van der Waals surface area contributed by atoms with Crippen molar-refractivity contribution in [2.24, 2.45) is 4.99 Å². The molecule has 150 valence electrons. The van der Waals surface area contributed by atoms with Gasteiger partial charge in [-0.3, -0.25) is 9.79 Å². The third-order valence-electron chi connectivity index (χ3n) is 4.99. The quantitative estimate of drug-likeness (QED) is 0.748. The molecule has 8 heteroatoms. The average Bonchev–Trinajstić information content (AvgIpc) is 3.10. The molecule has 2 aromatic carbocycles. The summed E-state index contributed by atoms with van der Waals surface area (Å²) in [6.45, 7) is 0. The van der Waals surface area contributed by atoms with Crippen molar-refractivity contribution in [3.63, 3.8) is 0 Å². The molecule has 2 aliphatic rings. The van der Waals surface area contributed by atoms with Gasteiger partial charge in [0.2, 0.25) is 0 Å². The van der Waals surface area contributed by atoms with Crippen LogP contribution < -0.4 is 9.47 Å². The molecule has 2 heterocycles. The van der Waals surface area contributed by atoms with Crippen molar-refractivity contribution in [2.75, 3.05) is 14.2 Å². The summed E-state index contributed by atoms with van der Waals surface area (Å²) >= 11 is 0. The second-order valence-corrected chi connectivity index (χ2v) is 6.72. The number of aliphatic imine (C=N–C) groups is 1. The summed E-state index contributed by atoms with van der Waals surface area (Å²) in [4.78, 5) is 19.0. The molecule has 0 aliphatic carbocycles. The standard InChI is InChI=1S/C21H17F3N2O3/c1-28-18-8-16-17(9-19(18)29-2)25-10-15-7-13(11-26(15)20(16)27)12-4-3-5-14(6-12)21(22,23)24/h3-6,8-11,15H,7H2,1-2H3/t15-/m0/s1. The molecule has 0 saturated heterocycles. The summed E-state index contributed by atoms with van der Waals surface area (Å²) in [7, 11) is 2.97. The van der Waals surface area contributed by atoms with E-state index in [9.17, 15) is 18.0 Å². The van der Waals surface area contributed by atoms with Crippen LogP contribution in [0.4, 0.5) is 18.9 Å². The molecule has 0 radical (unpaired) electrons. The number of benzene rings is 2. The number of rotatable bonds is 3. The highest BCUT2D eigenvalue weighted by Crippen LogP contribution is 2.40. The number of carbonyl (C=O) groups excluding carboxylic acids is 1. The van der Waals surface area contributed by atoms with Crippen LogP contribution in [0.3, 0.4) is 0 Å². The number of amides is 1. The highest BCUT2D eigenvalue weighted by Gasteiger charge is 2.35. The van der Waals surface area contributed by atoms with Crippen LogP contribution in [0.1, 0.15) is 27.9 Å². The van der Waals surface area contributed by atoms with Crippen molar-refractivity contribution in [1.82, 2.24) is 4.90 Å². The van der Waals surface area contributed by atoms with Gasteiger partial charge in [0.1, 0.15) is 0 Å². The number of hydrogen-bond acceptors (Lipinski definition) is 4. The second-order valence-electron chi connectivity index (χ2n) is 6.72. The topological polar surface area (TPSA) is 51.1 Å². The monoisotopic (exact) mass is 402 g/mol. The SMILES string of the molecule is COc1cc2c(cc1OC)C(=O)N1C=C(c3cccc(C(F)(F)F)c3)C[C@H]1C=N2. The van der Waals surface area contributed by atoms with Crippen LogP contribution in [-0.4, -0.2) is 37.3 Å². The lowest BCUT2D eigenvalue weighted by atomic mass is 10.0. The van der Waals surface area contributed by atoms with Gasteiger partial charge in [-0.25, -0.2) is 0 Å². The van der Waals surface area contributed by atoms with E-state index in [0.717, 1.165) is 12.1 Å². The van der Waals surface area contributed by atoms with E-state index >= 15 is 0 Å². The zero-order chi connectivity index (χ0) is 20.8. The normalized spacial score (nSPS) is 18.1. The maximum atomic E-state index is 13.1. The van der Waals surface area contributed by atoms with Gasteiger partial charge in [0, 0.05) is 24.9 Å². The fourth-order valence-electron chi connectivity index (χ4n) is 3.51. The minimum Gasteiger partial charge on any atom is -0.493 e. The van der Waals surface area contributed by atoms with Gasteiger partial charge < -0.3 is 14.4 Å². The van der Waals surface area contributed by atoms with Gasteiger partial charge >= 0.3 is 6.18 Å². The molecule has 0 saturated carbocycles. The molecule has 2 aliphatic heterocycles. The fraction of sp³-hybridized carbons (Fsp3) is 0.238. The Bertz CT molecular complexity index is 1040. The van der Waals surface area contributed by atoms with Gasteiger partial charge in [-0.15, -0.1) is 0 Å². The minimum absolute atomic E-state index is 0.301. The zero-order valence-electron chi connectivity index (χ0n) is 15.7. The largest absolute Gasteiger partial charge is 0.493 e. The highest BCUT2D eigenvalue weighted by atomic mass is 19.4. The van der Waals surface area contributed by atoms with Crippen LogP contribution in [0.2, 0.25) is 0 Å². The molecule has 2 aromatic rings. The number of carbonyl (C=O) groups is 1. The van der Waals surface area contributed by atoms with Crippen molar-refractivity contribution in [1.29, 1.82) is 0 Å². The van der Waals surface area contributed by atoms with Crippen molar-refractivity contribution in [3.05, 3.63) is 59.3 Å². The van der Waals surface area contributed by atoms with Crippen LogP contribution in [0.25, 0.3) is 5.57 Å². The number of methoxy groups -OCH3 is 2. The predicted molar refractivity (Wildman–Crippen MR) is 102 cm³/mol. The molecule has 4 rings (SSSR count). The van der Waals surface area contributed by atoms with Crippen molar-refractivity contribution in [2.45, 2.75) is 18.6 Å². The number of fused-ring (bicyclic) bond motifs is 2. The maximum Gasteiger partial charge on any atom is 0.416 e. The molecule has 0 bridgehead atoms. The predicted octanol–water partition coefficient (Wildman–Crippen LogP) is 4.69. The Kier molecular flexibility index (Phi) is 4.56. The van der Waals surface area contributed by atoms with E-state index in [1.54, 1.807) is 30.6 Å². The van der Waals surface area contributed by atoms with E-state index in [0.29, 0.717) is 40.3 Å². The van der Waals surface area contributed by atoms with Crippen LogP contribution in [-0.2, 0) is 6.18 Å². The Morgan fingerprint density at radius 2 is 1.83 bits per heavy atom. The Hall–Kier alpha value is -3.29. The van der Waals surface area contributed by atoms with E-state index in [1.165, 1.54) is 25.2 Å². The van der Waals surface area contributed by atoms with Gasteiger partial charge in [-0.2, -0.15) is 13.2 Å². The Balaban J connectivity index is 1.72. The van der Waals surface area contributed by atoms with Gasteiger partial charge in [-0.05, 0) is 29.3 Å². The molecule has 1 atom stereocenters. The first-order chi connectivity index (χ1) is 13.8. The first-order valence-corrected chi connectivity index (χ1v) is 8.83.